The zero-order valence-corrected chi connectivity index (χ0v) is 11.9. The van der Waals surface area contributed by atoms with E-state index in [2.05, 4.69) is 24.9 Å². The monoisotopic (exact) mass is 275 g/mol. The zero-order valence-electron chi connectivity index (χ0n) is 11.1. The van der Waals surface area contributed by atoms with Gasteiger partial charge in [-0.05, 0) is 31.0 Å². The number of aryl methyl sites for hydroxylation is 1. The minimum atomic E-state index is 0.0120. The Morgan fingerprint density at radius 3 is 2.89 bits per heavy atom. The summed E-state index contributed by atoms with van der Waals surface area (Å²) in [4.78, 5) is 4.27. The highest BCUT2D eigenvalue weighted by atomic mass is 32.1. The molecule has 0 aliphatic carbocycles. The Kier molecular flexibility index (Phi) is 4.16. The van der Waals surface area contributed by atoms with E-state index in [0.29, 0.717) is 12.3 Å². The van der Waals surface area contributed by atoms with Crippen molar-refractivity contribution >= 4 is 17.2 Å². The van der Waals surface area contributed by atoms with Gasteiger partial charge in [-0.3, -0.25) is 5.41 Å². The van der Waals surface area contributed by atoms with Gasteiger partial charge in [0.15, 0.2) is 0 Å². The Morgan fingerprint density at radius 2 is 2.21 bits per heavy atom. The summed E-state index contributed by atoms with van der Waals surface area (Å²) in [7, 11) is 0. The molecule has 3 N–H and O–H groups in total. The lowest BCUT2D eigenvalue weighted by molar-refractivity contribution is 0.319. The molecule has 19 heavy (non-hydrogen) atoms. The van der Waals surface area contributed by atoms with E-state index in [0.717, 1.165) is 17.2 Å². The van der Waals surface area contributed by atoms with Gasteiger partial charge >= 0.3 is 0 Å². The van der Waals surface area contributed by atoms with Crippen molar-refractivity contribution in [2.75, 3.05) is 6.61 Å². The van der Waals surface area contributed by atoms with E-state index in [-0.39, 0.29) is 5.84 Å². The lowest BCUT2D eigenvalue weighted by Gasteiger charge is -2.09. The predicted molar refractivity (Wildman–Crippen MR) is 78.2 cm³/mol. The van der Waals surface area contributed by atoms with Crippen molar-refractivity contribution in [3.63, 3.8) is 0 Å². The van der Waals surface area contributed by atoms with Crippen LogP contribution >= 0.6 is 11.3 Å². The van der Waals surface area contributed by atoms with E-state index >= 15 is 0 Å². The lowest BCUT2D eigenvalue weighted by atomic mass is 10.1. The van der Waals surface area contributed by atoms with Crippen molar-refractivity contribution in [3.8, 4) is 5.75 Å². The van der Waals surface area contributed by atoms with Crippen LogP contribution in [-0.4, -0.2) is 17.4 Å². The molecule has 0 aliphatic rings. The van der Waals surface area contributed by atoms with Crippen LogP contribution in [0.2, 0.25) is 0 Å². The SMILES string of the molecule is Cc1cccc(OCCc2nc(C(=N)N)cs2)c1C. The Labute approximate surface area is 116 Å². The highest BCUT2D eigenvalue weighted by molar-refractivity contribution is 7.09. The van der Waals surface area contributed by atoms with Crippen LogP contribution in [0.25, 0.3) is 0 Å². The number of nitrogens with two attached hydrogens (primary N) is 1. The highest BCUT2D eigenvalue weighted by Crippen LogP contribution is 2.21. The van der Waals surface area contributed by atoms with E-state index in [9.17, 15) is 0 Å². The molecule has 100 valence electrons. The molecule has 0 atom stereocenters. The fourth-order valence-electron chi connectivity index (χ4n) is 1.68. The van der Waals surface area contributed by atoms with E-state index in [1.54, 1.807) is 5.38 Å². The van der Waals surface area contributed by atoms with Crippen LogP contribution in [0.3, 0.4) is 0 Å². The van der Waals surface area contributed by atoms with Gasteiger partial charge in [-0.1, -0.05) is 12.1 Å². The normalized spacial score (nSPS) is 10.4. The van der Waals surface area contributed by atoms with Gasteiger partial charge in [0.2, 0.25) is 0 Å². The van der Waals surface area contributed by atoms with Crippen molar-refractivity contribution in [1.29, 1.82) is 5.41 Å². The number of hydrogen-bond donors (Lipinski definition) is 2. The number of rotatable bonds is 5. The van der Waals surface area contributed by atoms with Crippen LogP contribution in [0.1, 0.15) is 21.8 Å². The third kappa shape index (κ3) is 3.32. The molecule has 0 amide bonds. The molecule has 0 bridgehead atoms. The first-order valence-electron chi connectivity index (χ1n) is 6.05. The van der Waals surface area contributed by atoms with Gasteiger partial charge in [-0.15, -0.1) is 11.3 Å². The third-order valence-corrected chi connectivity index (χ3v) is 3.86. The van der Waals surface area contributed by atoms with Crippen LogP contribution in [0, 0.1) is 19.3 Å². The molecule has 0 spiro atoms. The first-order chi connectivity index (χ1) is 9.08. The Bertz CT molecular complexity index is 592. The van der Waals surface area contributed by atoms with Gasteiger partial charge in [0.05, 0.1) is 11.6 Å². The van der Waals surface area contributed by atoms with Crippen LogP contribution < -0.4 is 10.5 Å². The van der Waals surface area contributed by atoms with Gasteiger partial charge in [0.25, 0.3) is 0 Å². The summed E-state index contributed by atoms with van der Waals surface area (Å²) in [6.45, 7) is 4.71. The van der Waals surface area contributed by atoms with Crippen LogP contribution in [-0.2, 0) is 6.42 Å². The van der Waals surface area contributed by atoms with Crippen molar-refractivity contribution in [2.45, 2.75) is 20.3 Å². The van der Waals surface area contributed by atoms with Gasteiger partial charge in [0.1, 0.15) is 17.3 Å². The predicted octanol–water partition coefficient (Wildman–Crippen LogP) is 2.67. The van der Waals surface area contributed by atoms with Crippen molar-refractivity contribution in [2.24, 2.45) is 5.73 Å². The molecular weight excluding hydrogens is 258 g/mol. The smallest absolute Gasteiger partial charge is 0.142 e. The second-order valence-electron chi connectivity index (χ2n) is 4.34. The average molecular weight is 275 g/mol. The Hall–Kier alpha value is -1.88. The van der Waals surface area contributed by atoms with Gasteiger partial charge in [-0.25, -0.2) is 4.98 Å². The summed E-state index contributed by atoms with van der Waals surface area (Å²) in [5.74, 6) is 0.932. The molecule has 0 fully saturated rings. The summed E-state index contributed by atoms with van der Waals surface area (Å²) < 4.78 is 5.77. The average Bonchev–Trinajstić information content (AvgIpc) is 2.83. The number of aromatic nitrogens is 1. The Balaban J connectivity index is 1.92. The maximum Gasteiger partial charge on any atom is 0.142 e. The fourth-order valence-corrected chi connectivity index (χ4v) is 2.46. The minimum Gasteiger partial charge on any atom is -0.493 e. The standard InChI is InChI=1S/C14H17N3OS/c1-9-4-3-5-12(10(9)2)18-7-6-13-17-11(8-19-13)14(15)16/h3-5,8H,6-7H2,1-2H3,(H3,15,16). The summed E-state index contributed by atoms with van der Waals surface area (Å²) >= 11 is 1.51. The molecule has 0 saturated carbocycles. The topological polar surface area (TPSA) is 72.0 Å². The number of ether oxygens (including phenoxy) is 1. The number of nitrogen functional groups attached to an aromatic ring is 1. The zero-order chi connectivity index (χ0) is 13.8. The first kappa shape index (κ1) is 13.5. The van der Waals surface area contributed by atoms with Gasteiger partial charge in [-0.2, -0.15) is 0 Å². The van der Waals surface area contributed by atoms with Crippen LogP contribution in [0.4, 0.5) is 0 Å². The van der Waals surface area contributed by atoms with Crippen molar-refractivity contribution in [3.05, 3.63) is 45.4 Å². The highest BCUT2D eigenvalue weighted by Gasteiger charge is 2.06. The molecule has 1 aromatic heterocycles. The molecule has 1 heterocycles. The number of amidine groups is 1. The first-order valence-corrected chi connectivity index (χ1v) is 6.93. The molecule has 2 rings (SSSR count). The largest absolute Gasteiger partial charge is 0.493 e. The number of hydrogen-bond acceptors (Lipinski definition) is 4. The summed E-state index contributed by atoms with van der Waals surface area (Å²) in [6.07, 6.45) is 0.728. The molecule has 0 unspecified atom stereocenters. The van der Waals surface area contributed by atoms with Crippen molar-refractivity contribution in [1.82, 2.24) is 4.98 Å². The molecule has 1 aromatic carbocycles. The van der Waals surface area contributed by atoms with Gasteiger partial charge < -0.3 is 10.5 Å². The van der Waals surface area contributed by atoms with E-state index in [1.807, 2.05) is 12.1 Å². The van der Waals surface area contributed by atoms with Crippen molar-refractivity contribution < 1.29 is 4.74 Å². The summed E-state index contributed by atoms with van der Waals surface area (Å²) in [5.41, 5.74) is 8.33. The third-order valence-electron chi connectivity index (χ3n) is 2.96. The number of thiazole rings is 1. The molecule has 0 radical (unpaired) electrons. The second kappa shape index (κ2) is 5.84. The van der Waals surface area contributed by atoms with E-state index < -0.39 is 0 Å². The number of nitrogens with one attached hydrogen (secondary N) is 1. The quantitative estimate of drug-likeness (QED) is 0.651. The molecule has 2 aromatic rings. The van der Waals surface area contributed by atoms with Gasteiger partial charge in [0, 0.05) is 11.8 Å². The summed E-state index contributed by atoms with van der Waals surface area (Å²) in [6, 6.07) is 6.04. The maximum absolute atomic E-state index is 7.30. The molecule has 0 aliphatic heterocycles. The van der Waals surface area contributed by atoms with Crippen LogP contribution in [0.15, 0.2) is 23.6 Å². The van der Waals surface area contributed by atoms with Crippen LogP contribution in [0.5, 0.6) is 5.75 Å². The number of benzene rings is 1. The molecule has 5 heteroatoms. The second-order valence-corrected chi connectivity index (χ2v) is 5.28. The van der Waals surface area contributed by atoms with E-state index in [1.165, 1.54) is 22.5 Å². The fraction of sp³-hybridized carbons (Fsp3) is 0.286. The number of nitrogens with zero attached hydrogens (tertiary/aromatic N) is 1. The molecule has 4 nitrogen and oxygen atoms in total. The minimum absolute atomic E-state index is 0.0120. The lowest BCUT2D eigenvalue weighted by Crippen LogP contribution is -2.11. The molecular formula is C14H17N3OS. The maximum atomic E-state index is 7.30. The molecule has 0 saturated heterocycles. The summed E-state index contributed by atoms with van der Waals surface area (Å²) in [5, 5.41) is 10.0. The Morgan fingerprint density at radius 1 is 1.42 bits per heavy atom. The van der Waals surface area contributed by atoms with E-state index in [4.69, 9.17) is 15.9 Å².